The molecule has 0 saturated heterocycles. The Morgan fingerprint density at radius 3 is 2.79 bits per heavy atom. The van der Waals surface area contributed by atoms with Crippen molar-refractivity contribution in [2.24, 2.45) is 0 Å². The van der Waals surface area contributed by atoms with Crippen molar-refractivity contribution in [3.63, 3.8) is 0 Å². The van der Waals surface area contributed by atoms with E-state index in [1.807, 2.05) is 11.8 Å². The van der Waals surface area contributed by atoms with Gasteiger partial charge in [-0.3, -0.25) is 0 Å². The van der Waals surface area contributed by atoms with Crippen LogP contribution < -0.4 is 0 Å². The van der Waals surface area contributed by atoms with Gasteiger partial charge in [-0.2, -0.15) is 11.8 Å². The molecule has 0 aromatic carbocycles. The van der Waals surface area contributed by atoms with Crippen LogP contribution in [0, 0.1) is 0 Å². The second-order valence-electron chi connectivity index (χ2n) is 3.02. The molecule has 0 radical (unpaired) electrons. The largest absolute Gasteiger partial charge is 0.391 e. The molecular weight excluding hydrogens is 214 g/mol. The Labute approximate surface area is 93.8 Å². The van der Waals surface area contributed by atoms with Gasteiger partial charge in [-0.1, -0.05) is 20.3 Å². The summed E-state index contributed by atoms with van der Waals surface area (Å²) < 4.78 is 0. The predicted octanol–water partition coefficient (Wildman–Crippen LogP) is 2.84. The van der Waals surface area contributed by atoms with Crippen molar-refractivity contribution in [1.29, 1.82) is 0 Å². The smallest absolute Gasteiger partial charge is 0.103 e. The number of rotatable bonds is 6. The van der Waals surface area contributed by atoms with Crippen LogP contribution >= 0.6 is 23.1 Å². The summed E-state index contributed by atoms with van der Waals surface area (Å²) in [5.74, 6) is 2.11. The van der Waals surface area contributed by atoms with Gasteiger partial charge in [0.25, 0.3) is 0 Å². The summed E-state index contributed by atoms with van der Waals surface area (Å²) in [6, 6.07) is 0. The van der Waals surface area contributed by atoms with Crippen LogP contribution in [0.3, 0.4) is 0 Å². The lowest BCUT2D eigenvalue weighted by Gasteiger charge is -1.94. The standard InChI is InChI=1S/C10H17NOS2/c1-3-5-8-9(6-12)14-10(11-8)7-13-4-2/h12H,3-7H2,1-2H3. The van der Waals surface area contributed by atoms with E-state index < -0.39 is 0 Å². The van der Waals surface area contributed by atoms with Crippen LogP contribution in [0.2, 0.25) is 0 Å². The number of hydrogen-bond acceptors (Lipinski definition) is 4. The highest BCUT2D eigenvalue weighted by atomic mass is 32.2. The summed E-state index contributed by atoms with van der Waals surface area (Å²) in [5.41, 5.74) is 1.10. The molecule has 0 atom stereocenters. The second kappa shape index (κ2) is 6.43. The molecule has 2 nitrogen and oxygen atoms in total. The van der Waals surface area contributed by atoms with Crippen molar-refractivity contribution in [1.82, 2.24) is 4.98 Å². The third-order valence-corrected chi connectivity index (χ3v) is 4.03. The number of aliphatic hydroxyl groups excluding tert-OH is 1. The van der Waals surface area contributed by atoms with Crippen LogP contribution in [0.15, 0.2) is 0 Å². The molecule has 80 valence electrons. The van der Waals surface area contributed by atoms with Gasteiger partial charge < -0.3 is 5.11 Å². The zero-order chi connectivity index (χ0) is 10.4. The maximum absolute atomic E-state index is 9.15. The normalized spacial score (nSPS) is 10.8. The number of thioether (sulfide) groups is 1. The van der Waals surface area contributed by atoms with E-state index >= 15 is 0 Å². The first-order valence-corrected chi connectivity index (χ1v) is 6.95. The maximum atomic E-state index is 9.15. The Kier molecular flexibility index (Phi) is 5.52. The second-order valence-corrected chi connectivity index (χ2v) is 5.47. The molecule has 14 heavy (non-hydrogen) atoms. The number of thiazole rings is 1. The van der Waals surface area contributed by atoms with Crippen molar-refractivity contribution < 1.29 is 5.11 Å². The van der Waals surface area contributed by atoms with E-state index in [4.69, 9.17) is 5.11 Å². The summed E-state index contributed by atoms with van der Waals surface area (Å²) in [6.07, 6.45) is 2.08. The molecule has 0 fully saturated rings. The lowest BCUT2D eigenvalue weighted by atomic mass is 10.2. The molecule has 0 saturated carbocycles. The molecule has 0 aliphatic carbocycles. The molecule has 0 aliphatic rings. The molecule has 0 spiro atoms. The number of hydrogen-bond donors (Lipinski definition) is 1. The first kappa shape index (κ1) is 12.0. The summed E-state index contributed by atoms with van der Waals surface area (Å²) in [6.45, 7) is 4.43. The first-order chi connectivity index (χ1) is 6.81. The molecule has 0 unspecified atom stereocenters. The predicted molar refractivity (Wildman–Crippen MR) is 63.9 cm³/mol. The molecule has 0 amide bonds. The quantitative estimate of drug-likeness (QED) is 0.817. The van der Waals surface area contributed by atoms with Gasteiger partial charge in [0, 0.05) is 5.75 Å². The summed E-state index contributed by atoms with van der Waals surface area (Å²) >= 11 is 3.54. The van der Waals surface area contributed by atoms with E-state index in [1.54, 1.807) is 11.3 Å². The van der Waals surface area contributed by atoms with Crippen molar-refractivity contribution in [2.45, 2.75) is 39.0 Å². The number of nitrogens with zero attached hydrogens (tertiary/aromatic N) is 1. The third-order valence-electron chi connectivity index (χ3n) is 1.88. The van der Waals surface area contributed by atoms with Gasteiger partial charge in [-0.15, -0.1) is 11.3 Å². The summed E-state index contributed by atoms with van der Waals surface area (Å²) in [4.78, 5) is 5.60. The molecule has 4 heteroatoms. The first-order valence-electron chi connectivity index (χ1n) is 4.97. The van der Waals surface area contributed by atoms with Crippen LogP contribution in [-0.2, 0) is 18.8 Å². The average molecular weight is 231 g/mol. The molecule has 1 aromatic heterocycles. The average Bonchev–Trinajstić information content (AvgIpc) is 2.58. The van der Waals surface area contributed by atoms with E-state index in [1.165, 1.54) is 0 Å². The fourth-order valence-electron chi connectivity index (χ4n) is 1.24. The molecule has 0 aliphatic heterocycles. The van der Waals surface area contributed by atoms with Gasteiger partial charge in [0.05, 0.1) is 17.2 Å². The SMILES string of the molecule is CCCc1nc(CSCC)sc1CO. The molecule has 1 aromatic rings. The van der Waals surface area contributed by atoms with Crippen LogP contribution in [0.25, 0.3) is 0 Å². The highest BCUT2D eigenvalue weighted by molar-refractivity contribution is 7.98. The van der Waals surface area contributed by atoms with Crippen molar-refractivity contribution in [3.05, 3.63) is 15.6 Å². The van der Waals surface area contributed by atoms with E-state index in [0.717, 1.165) is 39.9 Å². The zero-order valence-corrected chi connectivity index (χ0v) is 10.4. The molecule has 1 heterocycles. The van der Waals surface area contributed by atoms with E-state index in [0.29, 0.717) is 0 Å². The summed E-state index contributed by atoms with van der Waals surface area (Å²) in [7, 11) is 0. The van der Waals surface area contributed by atoms with Crippen molar-refractivity contribution in [3.8, 4) is 0 Å². The van der Waals surface area contributed by atoms with Gasteiger partial charge in [-0.05, 0) is 12.2 Å². The minimum absolute atomic E-state index is 0.143. The number of aliphatic hydroxyl groups is 1. The van der Waals surface area contributed by atoms with Crippen molar-refractivity contribution in [2.75, 3.05) is 5.75 Å². The molecule has 0 bridgehead atoms. The highest BCUT2D eigenvalue weighted by Gasteiger charge is 2.08. The van der Waals surface area contributed by atoms with Crippen LogP contribution in [0.1, 0.15) is 35.8 Å². The van der Waals surface area contributed by atoms with E-state index in [9.17, 15) is 0 Å². The van der Waals surface area contributed by atoms with Gasteiger partial charge in [0.2, 0.25) is 0 Å². The Hall–Kier alpha value is -0.0600. The minimum Gasteiger partial charge on any atom is -0.391 e. The molecule has 1 N–H and O–H groups in total. The minimum atomic E-state index is 0.143. The maximum Gasteiger partial charge on any atom is 0.103 e. The van der Waals surface area contributed by atoms with Gasteiger partial charge in [0.15, 0.2) is 0 Å². The topological polar surface area (TPSA) is 33.1 Å². The van der Waals surface area contributed by atoms with E-state index in [-0.39, 0.29) is 6.61 Å². The van der Waals surface area contributed by atoms with Crippen LogP contribution in [0.4, 0.5) is 0 Å². The fraction of sp³-hybridized carbons (Fsp3) is 0.700. The number of aryl methyl sites for hydroxylation is 1. The van der Waals surface area contributed by atoms with Crippen LogP contribution in [-0.4, -0.2) is 15.8 Å². The van der Waals surface area contributed by atoms with Gasteiger partial charge in [0.1, 0.15) is 5.01 Å². The Morgan fingerprint density at radius 2 is 2.21 bits per heavy atom. The third kappa shape index (κ3) is 3.26. The lowest BCUT2D eigenvalue weighted by molar-refractivity contribution is 0.284. The van der Waals surface area contributed by atoms with Gasteiger partial charge in [-0.25, -0.2) is 4.98 Å². The fourth-order valence-corrected chi connectivity index (χ4v) is 2.94. The Morgan fingerprint density at radius 1 is 1.43 bits per heavy atom. The molecular formula is C10H17NOS2. The Balaban J connectivity index is 2.67. The Bertz CT molecular complexity index is 273. The van der Waals surface area contributed by atoms with E-state index in [2.05, 4.69) is 18.8 Å². The van der Waals surface area contributed by atoms with Crippen LogP contribution in [0.5, 0.6) is 0 Å². The molecule has 1 rings (SSSR count). The summed E-state index contributed by atoms with van der Waals surface area (Å²) in [5, 5.41) is 10.3. The zero-order valence-electron chi connectivity index (χ0n) is 8.75. The number of aromatic nitrogens is 1. The highest BCUT2D eigenvalue weighted by Crippen LogP contribution is 2.23. The van der Waals surface area contributed by atoms with Gasteiger partial charge >= 0.3 is 0 Å². The lowest BCUT2D eigenvalue weighted by Crippen LogP contribution is -1.90. The monoisotopic (exact) mass is 231 g/mol. The van der Waals surface area contributed by atoms with Crippen molar-refractivity contribution >= 4 is 23.1 Å².